The van der Waals surface area contributed by atoms with E-state index in [0.717, 1.165) is 4.57 Å². The van der Waals surface area contributed by atoms with Crippen LogP contribution in [0.4, 0.5) is 4.79 Å². The summed E-state index contributed by atoms with van der Waals surface area (Å²) in [6.45, 7) is 3.96. The van der Waals surface area contributed by atoms with E-state index in [-0.39, 0.29) is 11.2 Å². The second-order valence-corrected chi connectivity index (χ2v) is 4.77. The third-order valence-corrected chi connectivity index (χ3v) is 2.78. The molecule has 0 saturated carbocycles. The Morgan fingerprint density at radius 2 is 2.13 bits per heavy atom. The van der Waals surface area contributed by atoms with Gasteiger partial charge in [0.25, 0.3) is 0 Å². The molecule has 1 N–H and O–H groups in total. The van der Waals surface area contributed by atoms with Crippen molar-refractivity contribution < 1.29 is 14.7 Å². The van der Waals surface area contributed by atoms with E-state index in [4.69, 9.17) is 5.11 Å². The summed E-state index contributed by atoms with van der Waals surface area (Å²) in [7, 11) is 0. The lowest BCUT2D eigenvalue weighted by Gasteiger charge is -2.28. The van der Waals surface area contributed by atoms with Gasteiger partial charge in [0, 0.05) is 23.9 Å². The van der Waals surface area contributed by atoms with E-state index in [0.29, 0.717) is 24.1 Å². The molecule has 1 heterocycles. The van der Waals surface area contributed by atoms with Gasteiger partial charge in [0.05, 0.1) is 0 Å². The van der Waals surface area contributed by atoms with Crippen LogP contribution in [0.5, 0.6) is 0 Å². The quantitative estimate of drug-likeness (QED) is 0.709. The number of hydrogen-bond acceptors (Lipinski definition) is 2. The fourth-order valence-electron chi connectivity index (χ4n) is 2.12. The Hall–Kier alpha value is -1.58. The Bertz CT molecular complexity index is 429. The average Bonchev–Trinajstić information content (AvgIpc) is 2.45. The van der Waals surface area contributed by atoms with E-state index in [1.165, 1.54) is 6.20 Å². The minimum absolute atomic E-state index is 0.0428. The van der Waals surface area contributed by atoms with Crippen LogP contribution in [0.2, 0.25) is 0 Å². The molecule has 0 spiro atoms. The highest BCUT2D eigenvalue weighted by atomic mass is 16.4. The SMILES string of the molecule is CC1(C)CC(=O)c2ccn(C(=O)O)c2C1. The molecule has 0 bridgehead atoms. The summed E-state index contributed by atoms with van der Waals surface area (Å²) < 4.78 is 1.15. The van der Waals surface area contributed by atoms with Crippen LogP contribution in [0.15, 0.2) is 12.3 Å². The second kappa shape index (κ2) is 2.95. The van der Waals surface area contributed by atoms with Crippen molar-refractivity contribution >= 4 is 11.9 Å². The fourth-order valence-corrected chi connectivity index (χ4v) is 2.12. The summed E-state index contributed by atoms with van der Waals surface area (Å²) in [6.07, 6.45) is 1.55. The van der Waals surface area contributed by atoms with Gasteiger partial charge >= 0.3 is 6.09 Å². The van der Waals surface area contributed by atoms with Crippen molar-refractivity contribution in [3.8, 4) is 0 Å². The van der Waals surface area contributed by atoms with Gasteiger partial charge in [-0.3, -0.25) is 9.36 Å². The molecule has 0 atom stereocenters. The molecule has 1 aromatic rings. The standard InChI is InChI=1S/C11H13NO3/c1-11(2)5-8-7(9(13)6-11)3-4-12(8)10(14)15/h3-4H,5-6H2,1-2H3,(H,14,15). The van der Waals surface area contributed by atoms with Gasteiger partial charge in [-0.2, -0.15) is 0 Å². The van der Waals surface area contributed by atoms with Crippen LogP contribution in [-0.2, 0) is 6.42 Å². The molecule has 4 heteroatoms. The molecule has 2 rings (SSSR count). The largest absolute Gasteiger partial charge is 0.464 e. The third kappa shape index (κ3) is 1.56. The molecular formula is C11H13NO3. The second-order valence-electron chi connectivity index (χ2n) is 4.77. The van der Waals surface area contributed by atoms with Crippen molar-refractivity contribution in [2.45, 2.75) is 26.7 Å². The highest BCUT2D eigenvalue weighted by Gasteiger charge is 2.33. The van der Waals surface area contributed by atoms with Gasteiger partial charge in [0.1, 0.15) is 0 Å². The smallest absolute Gasteiger partial charge is 0.415 e. The maximum Gasteiger partial charge on any atom is 0.415 e. The molecule has 4 nitrogen and oxygen atoms in total. The number of carbonyl (C=O) groups excluding carboxylic acids is 1. The molecule has 80 valence electrons. The number of fused-ring (bicyclic) bond motifs is 1. The number of nitrogens with zero attached hydrogens (tertiary/aromatic N) is 1. The summed E-state index contributed by atoms with van der Waals surface area (Å²) in [6, 6.07) is 1.60. The van der Waals surface area contributed by atoms with E-state index in [2.05, 4.69) is 0 Å². The van der Waals surface area contributed by atoms with E-state index in [9.17, 15) is 9.59 Å². The Morgan fingerprint density at radius 1 is 1.47 bits per heavy atom. The van der Waals surface area contributed by atoms with Gasteiger partial charge in [-0.15, -0.1) is 0 Å². The van der Waals surface area contributed by atoms with Crippen molar-refractivity contribution in [3.05, 3.63) is 23.5 Å². The van der Waals surface area contributed by atoms with Crippen molar-refractivity contribution in [2.24, 2.45) is 5.41 Å². The number of rotatable bonds is 0. The molecular weight excluding hydrogens is 194 g/mol. The molecule has 0 fully saturated rings. The summed E-state index contributed by atoms with van der Waals surface area (Å²) in [4.78, 5) is 22.6. The number of ketones is 1. The molecule has 0 unspecified atom stereocenters. The number of hydrogen-bond donors (Lipinski definition) is 1. The Labute approximate surface area is 87.5 Å². The minimum atomic E-state index is -1.03. The summed E-state index contributed by atoms with van der Waals surface area (Å²) >= 11 is 0. The zero-order valence-corrected chi connectivity index (χ0v) is 8.78. The lowest BCUT2D eigenvalue weighted by molar-refractivity contribution is 0.0910. The van der Waals surface area contributed by atoms with Gasteiger partial charge in [0.2, 0.25) is 0 Å². The Balaban J connectivity index is 2.54. The molecule has 0 aromatic carbocycles. The van der Waals surface area contributed by atoms with Gasteiger partial charge in [-0.1, -0.05) is 13.8 Å². The number of aromatic nitrogens is 1. The zero-order valence-electron chi connectivity index (χ0n) is 8.78. The lowest BCUT2D eigenvalue weighted by Crippen LogP contribution is -2.29. The lowest BCUT2D eigenvalue weighted by atomic mass is 9.76. The van der Waals surface area contributed by atoms with Gasteiger partial charge in [-0.25, -0.2) is 4.79 Å². The van der Waals surface area contributed by atoms with Gasteiger partial charge < -0.3 is 5.11 Å². The molecule has 0 aliphatic heterocycles. The predicted molar refractivity (Wildman–Crippen MR) is 54.3 cm³/mol. The summed E-state index contributed by atoms with van der Waals surface area (Å²) in [5, 5.41) is 8.94. The molecule has 0 saturated heterocycles. The van der Waals surface area contributed by atoms with Gasteiger partial charge in [-0.05, 0) is 17.9 Å². The fraction of sp³-hybridized carbons (Fsp3) is 0.455. The number of carboxylic acid groups (broad SMARTS) is 1. The van der Waals surface area contributed by atoms with Crippen LogP contribution < -0.4 is 0 Å². The van der Waals surface area contributed by atoms with E-state index in [1.54, 1.807) is 6.07 Å². The Kier molecular flexibility index (Phi) is 1.96. The molecule has 0 radical (unpaired) electrons. The summed E-state index contributed by atoms with van der Waals surface area (Å²) in [5.74, 6) is 0.0428. The first-order chi connectivity index (χ1) is 6.91. The molecule has 15 heavy (non-hydrogen) atoms. The van der Waals surface area contributed by atoms with Crippen LogP contribution in [0.25, 0.3) is 0 Å². The number of Topliss-reactive ketones (excluding diaryl/α,β-unsaturated/α-hetero) is 1. The van der Waals surface area contributed by atoms with Crippen molar-refractivity contribution in [2.75, 3.05) is 0 Å². The highest BCUT2D eigenvalue weighted by Crippen LogP contribution is 2.34. The van der Waals surface area contributed by atoms with Crippen molar-refractivity contribution in [1.29, 1.82) is 0 Å². The first-order valence-corrected chi connectivity index (χ1v) is 4.87. The zero-order chi connectivity index (χ0) is 11.2. The van der Waals surface area contributed by atoms with Crippen LogP contribution in [0, 0.1) is 5.41 Å². The molecule has 1 aliphatic carbocycles. The average molecular weight is 207 g/mol. The predicted octanol–water partition coefficient (Wildman–Crippen LogP) is 2.17. The molecule has 0 amide bonds. The summed E-state index contributed by atoms with van der Waals surface area (Å²) in [5.41, 5.74) is 1.05. The van der Waals surface area contributed by atoms with Gasteiger partial charge in [0.15, 0.2) is 5.78 Å². The van der Waals surface area contributed by atoms with Crippen LogP contribution >= 0.6 is 0 Å². The minimum Gasteiger partial charge on any atom is -0.464 e. The van der Waals surface area contributed by atoms with E-state index >= 15 is 0 Å². The topological polar surface area (TPSA) is 59.3 Å². The molecule has 1 aromatic heterocycles. The number of carbonyl (C=O) groups is 2. The van der Waals surface area contributed by atoms with Crippen molar-refractivity contribution in [3.63, 3.8) is 0 Å². The normalized spacial score (nSPS) is 18.7. The monoisotopic (exact) mass is 207 g/mol. The molecule has 1 aliphatic rings. The van der Waals surface area contributed by atoms with Crippen LogP contribution in [-0.4, -0.2) is 21.6 Å². The first-order valence-electron chi connectivity index (χ1n) is 4.87. The van der Waals surface area contributed by atoms with Crippen molar-refractivity contribution in [1.82, 2.24) is 4.57 Å². The van der Waals surface area contributed by atoms with E-state index in [1.807, 2.05) is 13.8 Å². The maximum atomic E-state index is 11.7. The highest BCUT2D eigenvalue weighted by molar-refractivity contribution is 5.99. The first kappa shape index (κ1) is 9.96. The Morgan fingerprint density at radius 3 is 2.73 bits per heavy atom. The van der Waals surface area contributed by atoms with Crippen LogP contribution in [0.3, 0.4) is 0 Å². The van der Waals surface area contributed by atoms with Crippen LogP contribution in [0.1, 0.15) is 36.3 Å². The van der Waals surface area contributed by atoms with E-state index < -0.39 is 6.09 Å². The maximum absolute atomic E-state index is 11.7. The third-order valence-electron chi connectivity index (χ3n) is 2.78.